The van der Waals surface area contributed by atoms with Crippen molar-refractivity contribution in [1.82, 2.24) is 25.5 Å². The molecule has 3 atom stereocenters. The zero-order valence-electron chi connectivity index (χ0n) is 16.4. The molecular formula is C20H27N5O3. The van der Waals surface area contributed by atoms with Gasteiger partial charge in [-0.15, -0.1) is 0 Å². The van der Waals surface area contributed by atoms with E-state index in [4.69, 9.17) is 0 Å². The smallest absolute Gasteiger partial charge is 0.243 e. The van der Waals surface area contributed by atoms with Crippen molar-refractivity contribution in [2.45, 2.75) is 51.7 Å². The lowest BCUT2D eigenvalue weighted by Crippen LogP contribution is -2.52. The van der Waals surface area contributed by atoms with Crippen LogP contribution in [0.25, 0.3) is 10.9 Å². The molecule has 2 aromatic rings. The highest BCUT2D eigenvalue weighted by atomic mass is 16.2. The maximum atomic E-state index is 13.0. The fourth-order valence-corrected chi connectivity index (χ4v) is 3.94. The number of H-pyrrole nitrogens is 1. The Balaban J connectivity index is 1.73. The number of nitrogens with one attached hydrogen (secondary N) is 3. The maximum Gasteiger partial charge on any atom is 0.243 e. The van der Waals surface area contributed by atoms with E-state index in [1.807, 2.05) is 32.9 Å². The highest BCUT2D eigenvalue weighted by Crippen LogP contribution is 2.30. The summed E-state index contributed by atoms with van der Waals surface area (Å²) in [4.78, 5) is 45.2. The molecule has 1 aliphatic rings. The largest absolute Gasteiger partial charge is 0.357 e. The van der Waals surface area contributed by atoms with Crippen LogP contribution in [0.1, 0.15) is 45.3 Å². The number of aromatic nitrogens is 2. The van der Waals surface area contributed by atoms with Gasteiger partial charge in [-0.25, -0.2) is 0 Å². The predicted octanol–water partition coefficient (Wildman–Crippen LogP) is 1.50. The van der Waals surface area contributed by atoms with Crippen molar-refractivity contribution in [3.8, 4) is 0 Å². The van der Waals surface area contributed by atoms with Crippen LogP contribution in [-0.2, 0) is 14.4 Å². The lowest BCUT2D eigenvalue weighted by molar-refractivity contribution is -0.141. The van der Waals surface area contributed by atoms with Crippen LogP contribution in [0.2, 0.25) is 0 Å². The second-order valence-corrected chi connectivity index (χ2v) is 7.62. The lowest BCUT2D eigenvalue weighted by atomic mass is 10.0. The van der Waals surface area contributed by atoms with Crippen LogP contribution >= 0.6 is 0 Å². The van der Waals surface area contributed by atoms with Gasteiger partial charge in [-0.1, -0.05) is 13.8 Å². The highest BCUT2D eigenvalue weighted by molar-refractivity contribution is 5.90. The van der Waals surface area contributed by atoms with Crippen molar-refractivity contribution in [3.63, 3.8) is 0 Å². The van der Waals surface area contributed by atoms with Gasteiger partial charge in [0.1, 0.15) is 6.04 Å². The Morgan fingerprint density at radius 2 is 2.14 bits per heavy atom. The van der Waals surface area contributed by atoms with Gasteiger partial charge in [-0.3, -0.25) is 19.4 Å². The first-order valence-corrected chi connectivity index (χ1v) is 9.63. The van der Waals surface area contributed by atoms with Gasteiger partial charge in [0, 0.05) is 35.0 Å². The lowest BCUT2D eigenvalue weighted by Gasteiger charge is -2.32. The van der Waals surface area contributed by atoms with E-state index >= 15 is 0 Å². The Bertz CT molecular complexity index is 829. The van der Waals surface area contributed by atoms with Crippen molar-refractivity contribution in [3.05, 3.63) is 30.2 Å². The van der Waals surface area contributed by atoms with Gasteiger partial charge in [0.15, 0.2) is 0 Å². The molecule has 0 bridgehead atoms. The monoisotopic (exact) mass is 385 g/mol. The maximum absolute atomic E-state index is 13.0. The fraction of sp³-hybridized carbons (Fsp3) is 0.500. The molecule has 1 saturated heterocycles. The summed E-state index contributed by atoms with van der Waals surface area (Å²) in [5, 5.41) is 6.42. The summed E-state index contributed by atoms with van der Waals surface area (Å²) in [5.41, 5.74) is 1.85. The summed E-state index contributed by atoms with van der Waals surface area (Å²) in [5.74, 6) is -0.170. The molecule has 3 amide bonds. The van der Waals surface area contributed by atoms with Crippen molar-refractivity contribution >= 4 is 29.1 Å². The van der Waals surface area contributed by atoms with Gasteiger partial charge in [0.2, 0.25) is 18.2 Å². The van der Waals surface area contributed by atoms with Gasteiger partial charge >= 0.3 is 0 Å². The summed E-state index contributed by atoms with van der Waals surface area (Å²) in [6, 6.07) is 3.09. The molecular weight excluding hydrogens is 358 g/mol. The third kappa shape index (κ3) is 4.00. The van der Waals surface area contributed by atoms with Crippen molar-refractivity contribution in [2.24, 2.45) is 5.92 Å². The van der Waals surface area contributed by atoms with E-state index in [2.05, 4.69) is 20.6 Å². The number of rotatable bonds is 7. The first kappa shape index (κ1) is 19.9. The SMILES string of the molecule is CC(C)C1CCC(C(=O)N[C@H](C)c2cc3cnccc3[nH]2)N1C(=O)CNC=O. The van der Waals surface area contributed by atoms with Gasteiger partial charge in [0.25, 0.3) is 0 Å². The third-order valence-corrected chi connectivity index (χ3v) is 5.39. The molecule has 8 heteroatoms. The zero-order chi connectivity index (χ0) is 20.3. The Morgan fingerprint density at radius 1 is 1.36 bits per heavy atom. The average Bonchev–Trinajstić information content (AvgIpc) is 3.30. The molecule has 8 nitrogen and oxygen atoms in total. The van der Waals surface area contributed by atoms with Gasteiger partial charge in [-0.05, 0) is 37.8 Å². The summed E-state index contributed by atoms with van der Waals surface area (Å²) >= 11 is 0. The van der Waals surface area contributed by atoms with E-state index < -0.39 is 6.04 Å². The topological polar surface area (TPSA) is 107 Å². The first-order valence-electron chi connectivity index (χ1n) is 9.63. The Labute approximate surface area is 164 Å². The van der Waals surface area contributed by atoms with Crippen LogP contribution in [0.5, 0.6) is 0 Å². The Hall–Kier alpha value is -2.90. The molecule has 2 aromatic heterocycles. The van der Waals surface area contributed by atoms with Gasteiger partial charge in [0.05, 0.1) is 12.6 Å². The molecule has 1 fully saturated rings. The Kier molecular flexibility index (Phi) is 5.96. The molecule has 0 aliphatic carbocycles. The molecule has 1 aliphatic heterocycles. The number of hydrogen-bond donors (Lipinski definition) is 3. The number of aromatic amines is 1. The van der Waals surface area contributed by atoms with Gasteiger partial charge < -0.3 is 20.5 Å². The number of amides is 3. The average molecular weight is 385 g/mol. The number of likely N-dealkylation sites (tertiary alicyclic amines) is 1. The summed E-state index contributed by atoms with van der Waals surface area (Å²) in [6.45, 7) is 5.89. The molecule has 0 aromatic carbocycles. The molecule has 2 unspecified atom stereocenters. The zero-order valence-corrected chi connectivity index (χ0v) is 16.4. The van der Waals surface area contributed by atoms with Crippen LogP contribution in [0, 0.1) is 5.92 Å². The van der Waals surface area contributed by atoms with Crippen LogP contribution in [0.15, 0.2) is 24.5 Å². The van der Waals surface area contributed by atoms with Crippen molar-refractivity contribution in [2.75, 3.05) is 6.54 Å². The fourth-order valence-electron chi connectivity index (χ4n) is 3.94. The molecule has 3 heterocycles. The minimum atomic E-state index is -0.526. The molecule has 150 valence electrons. The van der Waals surface area contributed by atoms with Crippen molar-refractivity contribution in [1.29, 1.82) is 0 Å². The quantitative estimate of drug-likeness (QED) is 0.628. The van der Waals surface area contributed by atoms with Crippen LogP contribution in [0.4, 0.5) is 0 Å². The molecule has 28 heavy (non-hydrogen) atoms. The molecule has 3 N–H and O–H groups in total. The van der Waals surface area contributed by atoms with E-state index in [0.29, 0.717) is 12.8 Å². The van der Waals surface area contributed by atoms with E-state index in [1.165, 1.54) is 0 Å². The highest BCUT2D eigenvalue weighted by Gasteiger charge is 2.42. The third-order valence-electron chi connectivity index (χ3n) is 5.39. The summed E-state index contributed by atoms with van der Waals surface area (Å²) in [6.07, 6.45) is 5.38. The van der Waals surface area contributed by atoms with E-state index in [0.717, 1.165) is 23.0 Å². The Morgan fingerprint density at radius 3 is 2.82 bits per heavy atom. The normalized spacial score (nSPS) is 20.4. The summed E-state index contributed by atoms with van der Waals surface area (Å²) in [7, 11) is 0. The second-order valence-electron chi connectivity index (χ2n) is 7.62. The minimum absolute atomic E-state index is 0.00819. The standard InChI is InChI=1S/C20H27N5O3/c1-12(2)17-4-5-18(25(17)19(27)10-22-11-26)20(28)23-13(3)16-8-14-9-21-7-6-15(14)24-16/h6-9,11-13,17-18,24H,4-5,10H2,1-3H3,(H,22,26)(H,23,28)/t13-,17?,18?/m1/s1. The van der Waals surface area contributed by atoms with Crippen LogP contribution in [-0.4, -0.2) is 51.7 Å². The molecule has 0 radical (unpaired) electrons. The number of pyridine rings is 1. The van der Waals surface area contributed by atoms with E-state index in [1.54, 1.807) is 17.3 Å². The number of fused-ring (bicyclic) bond motifs is 1. The number of carbonyl (C=O) groups is 3. The second kappa shape index (κ2) is 8.41. The predicted molar refractivity (Wildman–Crippen MR) is 105 cm³/mol. The number of hydrogen-bond acceptors (Lipinski definition) is 4. The number of carbonyl (C=O) groups excluding carboxylic acids is 3. The van der Waals surface area contributed by atoms with Crippen LogP contribution < -0.4 is 10.6 Å². The van der Waals surface area contributed by atoms with Gasteiger partial charge in [-0.2, -0.15) is 0 Å². The molecule has 0 spiro atoms. The summed E-state index contributed by atoms with van der Waals surface area (Å²) < 4.78 is 0. The van der Waals surface area contributed by atoms with Crippen LogP contribution in [0.3, 0.4) is 0 Å². The first-order chi connectivity index (χ1) is 13.4. The number of nitrogens with zero attached hydrogens (tertiary/aromatic N) is 2. The minimum Gasteiger partial charge on any atom is -0.357 e. The molecule has 3 rings (SSSR count). The van der Waals surface area contributed by atoms with E-state index in [-0.39, 0.29) is 36.4 Å². The van der Waals surface area contributed by atoms with Crippen molar-refractivity contribution < 1.29 is 14.4 Å². The molecule has 0 saturated carbocycles. The van der Waals surface area contributed by atoms with E-state index in [9.17, 15) is 14.4 Å².